The van der Waals surface area contributed by atoms with E-state index in [0.29, 0.717) is 23.3 Å². The van der Waals surface area contributed by atoms with Crippen LogP contribution in [0.3, 0.4) is 0 Å². The molecule has 0 radical (unpaired) electrons. The lowest BCUT2D eigenvalue weighted by atomic mass is 10.0. The molecule has 0 aliphatic carbocycles. The van der Waals surface area contributed by atoms with E-state index in [9.17, 15) is 9.59 Å². The molecule has 1 N–H and O–H groups in total. The summed E-state index contributed by atoms with van der Waals surface area (Å²) >= 11 is 0. The van der Waals surface area contributed by atoms with Crippen molar-refractivity contribution in [1.82, 2.24) is 25.0 Å². The number of fused-ring (bicyclic) bond motifs is 1. The molecular weight excluding hydrogens is 402 g/mol. The molecule has 0 aliphatic rings. The fourth-order valence-corrected chi connectivity index (χ4v) is 3.83. The van der Waals surface area contributed by atoms with E-state index in [4.69, 9.17) is 4.98 Å². The summed E-state index contributed by atoms with van der Waals surface area (Å²) < 4.78 is 1.71. The van der Waals surface area contributed by atoms with Crippen molar-refractivity contribution >= 4 is 22.8 Å². The van der Waals surface area contributed by atoms with Crippen LogP contribution in [0.25, 0.3) is 22.3 Å². The van der Waals surface area contributed by atoms with Crippen molar-refractivity contribution in [2.24, 2.45) is 7.05 Å². The molecule has 162 valence electrons. The number of aryl methyl sites for hydroxylation is 2. The first-order chi connectivity index (χ1) is 15.4. The third-order valence-electron chi connectivity index (χ3n) is 5.48. The second-order valence-corrected chi connectivity index (χ2v) is 7.77. The van der Waals surface area contributed by atoms with Crippen LogP contribution in [0.2, 0.25) is 0 Å². The Labute approximate surface area is 186 Å². The summed E-state index contributed by atoms with van der Waals surface area (Å²) in [7, 11) is 5.21. The summed E-state index contributed by atoms with van der Waals surface area (Å²) in [5.74, 6) is -0.248. The van der Waals surface area contributed by atoms with Gasteiger partial charge in [-0.3, -0.25) is 14.3 Å². The molecule has 0 saturated carbocycles. The lowest BCUT2D eigenvalue weighted by Crippen LogP contribution is -2.26. The van der Waals surface area contributed by atoms with Gasteiger partial charge in [0.05, 0.1) is 22.3 Å². The third-order valence-corrected chi connectivity index (χ3v) is 5.48. The number of carbonyl (C=O) groups excluding carboxylic acids is 2. The van der Waals surface area contributed by atoms with Gasteiger partial charge < -0.3 is 10.2 Å². The van der Waals surface area contributed by atoms with Gasteiger partial charge in [0.1, 0.15) is 0 Å². The Balaban J connectivity index is 1.70. The lowest BCUT2D eigenvalue weighted by molar-refractivity contribution is 0.0786. The van der Waals surface area contributed by atoms with E-state index in [2.05, 4.69) is 10.4 Å². The molecule has 32 heavy (non-hydrogen) atoms. The maximum Gasteiger partial charge on any atom is 0.254 e. The van der Waals surface area contributed by atoms with Crippen LogP contribution in [-0.4, -0.2) is 45.6 Å². The fraction of sp³-hybridized carbons (Fsp3) is 0.200. The zero-order chi connectivity index (χ0) is 22.8. The van der Waals surface area contributed by atoms with E-state index < -0.39 is 0 Å². The SMILES string of the molecule is CNC(=O)c1ccc(CN(C)C(=O)c2cc(-c3ccccc3)nc3c2c(C)nn3C)cc1. The Morgan fingerprint density at radius 2 is 1.75 bits per heavy atom. The Kier molecular flexibility index (Phi) is 5.73. The standard InChI is InChI=1S/C25H25N5O2/c1-16-22-20(14-21(18-8-6-5-7-9-18)27-23(22)30(4)28-16)25(32)29(3)15-17-10-12-19(13-11-17)24(31)26-2/h5-14H,15H2,1-4H3,(H,26,31). The van der Waals surface area contributed by atoms with Gasteiger partial charge in [-0.2, -0.15) is 5.10 Å². The number of rotatable bonds is 5. The number of amides is 2. The molecule has 0 atom stereocenters. The van der Waals surface area contributed by atoms with Gasteiger partial charge in [0.25, 0.3) is 11.8 Å². The second kappa shape index (κ2) is 8.63. The van der Waals surface area contributed by atoms with Gasteiger partial charge in [-0.05, 0) is 30.7 Å². The lowest BCUT2D eigenvalue weighted by Gasteiger charge is -2.19. The largest absolute Gasteiger partial charge is 0.355 e. The third kappa shape index (κ3) is 3.97. The number of nitrogens with one attached hydrogen (secondary N) is 1. The summed E-state index contributed by atoms with van der Waals surface area (Å²) in [5, 5.41) is 7.86. The number of nitrogens with zero attached hydrogens (tertiary/aromatic N) is 4. The molecule has 0 bridgehead atoms. The van der Waals surface area contributed by atoms with Crippen LogP contribution in [-0.2, 0) is 13.6 Å². The number of benzene rings is 2. The minimum absolute atomic E-state index is 0.110. The Morgan fingerprint density at radius 3 is 2.41 bits per heavy atom. The quantitative estimate of drug-likeness (QED) is 0.528. The zero-order valence-corrected chi connectivity index (χ0v) is 18.6. The average molecular weight is 428 g/mol. The van der Waals surface area contributed by atoms with Gasteiger partial charge in [0.15, 0.2) is 5.65 Å². The number of pyridine rings is 1. The first-order valence-corrected chi connectivity index (χ1v) is 10.3. The van der Waals surface area contributed by atoms with Crippen LogP contribution < -0.4 is 5.32 Å². The highest BCUT2D eigenvalue weighted by molar-refractivity contribution is 6.07. The highest BCUT2D eigenvalue weighted by Crippen LogP contribution is 2.28. The second-order valence-electron chi connectivity index (χ2n) is 7.77. The Morgan fingerprint density at radius 1 is 1.06 bits per heavy atom. The molecule has 2 aromatic heterocycles. The van der Waals surface area contributed by atoms with E-state index >= 15 is 0 Å². The number of carbonyl (C=O) groups is 2. The van der Waals surface area contributed by atoms with Gasteiger partial charge in [-0.15, -0.1) is 0 Å². The van der Waals surface area contributed by atoms with Gasteiger partial charge in [-0.25, -0.2) is 4.98 Å². The summed E-state index contributed by atoms with van der Waals surface area (Å²) in [6.07, 6.45) is 0. The maximum absolute atomic E-state index is 13.5. The molecule has 2 amide bonds. The van der Waals surface area contributed by atoms with Crippen LogP contribution in [0, 0.1) is 6.92 Å². The predicted octanol–water partition coefficient (Wildman–Crippen LogP) is 3.58. The molecule has 7 nitrogen and oxygen atoms in total. The van der Waals surface area contributed by atoms with Gasteiger partial charge in [0, 0.05) is 38.8 Å². The minimum atomic E-state index is -0.138. The molecule has 0 aliphatic heterocycles. The van der Waals surface area contributed by atoms with Crippen molar-refractivity contribution < 1.29 is 9.59 Å². The first-order valence-electron chi connectivity index (χ1n) is 10.3. The molecular formula is C25H25N5O2. The maximum atomic E-state index is 13.5. The van der Waals surface area contributed by atoms with E-state index in [-0.39, 0.29) is 11.8 Å². The molecule has 4 rings (SSSR count). The van der Waals surface area contributed by atoms with E-state index in [1.807, 2.05) is 62.5 Å². The average Bonchev–Trinajstić information content (AvgIpc) is 3.11. The van der Waals surface area contributed by atoms with Crippen LogP contribution in [0.4, 0.5) is 0 Å². The van der Waals surface area contributed by atoms with Gasteiger partial charge in [0.2, 0.25) is 0 Å². The number of aromatic nitrogens is 3. The topological polar surface area (TPSA) is 80.1 Å². The molecule has 7 heteroatoms. The Hall–Kier alpha value is -4.00. The monoisotopic (exact) mass is 427 g/mol. The molecule has 0 fully saturated rings. The molecule has 2 heterocycles. The number of hydrogen-bond acceptors (Lipinski definition) is 4. The zero-order valence-electron chi connectivity index (χ0n) is 18.6. The minimum Gasteiger partial charge on any atom is -0.355 e. The van der Waals surface area contributed by atoms with Crippen molar-refractivity contribution in [2.75, 3.05) is 14.1 Å². The fourth-order valence-electron chi connectivity index (χ4n) is 3.83. The predicted molar refractivity (Wildman–Crippen MR) is 124 cm³/mol. The van der Waals surface area contributed by atoms with Crippen molar-refractivity contribution in [1.29, 1.82) is 0 Å². The smallest absolute Gasteiger partial charge is 0.254 e. The van der Waals surface area contributed by atoms with Crippen LogP contribution in [0.1, 0.15) is 32.0 Å². The summed E-state index contributed by atoms with van der Waals surface area (Å²) in [6.45, 7) is 2.30. The van der Waals surface area contributed by atoms with Crippen molar-refractivity contribution in [3.8, 4) is 11.3 Å². The molecule has 0 saturated heterocycles. The van der Waals surface area contributed by atoms with Crippen LogP contribution >= 0.6 is 0 Å². The molecule has 4 aromatic rings. The molecule has 0 spiro atoms. The van der Waals surface area contributed by atoms with Gasteiger partial charge in [-0.1, -0.05) is 42.5 Å². The van der Waals surface area contributed by atoms with Crippen molar-refractivity contribution in [3.63, 3.8) is 0 Å². The van der Waals surface area contributed by atoms with Crippen LogP contribution in [0.5, 0.6) is 0 Å². The Bertz CT molecular complexity index is 1290. The van der Waals surface area contributed by atoms with E-state index in [1.165, 1.54) is 0 Å². The van der Waals surface area contributed by atoms with E-state index in [0.717, 1.165) is 27.9 Å². The first kappa shape index (κ1) is 21.2. The van der Waals surface area contributed by atoms with Gasteiger partial charge >= 0.3 is 0 Å². The summed E-state index contributed by atoms with van der Waals surface area (Å²) in [5.41, 5.74) is 5.20. The molecule has 0 unspecified atom stereocenters. The van der Waals surface area contributed by atoms with Crippen molar-refractivity contribution in [3.05, 3.63) is 83.0 Å². The molecule has 2 aromatic carbocycles. The van der Waals surface area contributed by atoms with Crippen molar-refractivity contribution in [2.45, 2.75) is 13.5 Å². The highest BCUT2D eigenvalue weighted by Gasteiger charge is 2.22. The van der Waals surface area contributed by atoms with Crippen LogP contribution in [0.15, 0.2) is 60.7 Å². The number of hydrogen-bond donors (Lipinski definition) is 1. The normalized spacial score (nSPS) is 10.9. The summed E-state index contributed by atoms with van der Waals surface area (Å²) in [6, 6.07) is 18.9. The van der Waals surface area contributed by atoms with E-state index in [1.54, 1.807) is 35.8 Å². The summed E-state index contributed by atoms with van der Waals surface area (Å²) in [4.78, 5) is 31.7. The highest BCUT2D eigenvalue weighted by atomic mass is 16.2.